The number of nitrogens with one attached hydrogen (secondary N) is 2. The fourth-order valence-electron chi connectivity index (χ4n) is 6.02. The van der Waals surface area contributed by atoms with Gasteiger partial charge in [0.1, 0.15) is 18.2 Å². The number of amides is 1. The Bertz CT molecular complexity index is 1650. The van der Waals surface area contributed by atoms with Crippen molar-refractivity contribution in [1.29, 1.82) is 0 Å². The Morgan fingerprint density at radius 1 is 1.00 bits per heavy atom. The molecule has 1 saturated carbocycles. The second-order valence-corrected chi connectivity index (χ2v) is 10.9. The van der Waals surface area contributed by atoms with Crippen LogP contribution in [0.15, 0.2) is 61.4 Å². The van der Waals surface area contributed by atoms with Crippen LogP contribution in [0.4, 0.5) is 11.5 Å². The molecule has 0 saturated heterocycles. The summed E-state index contributed by atoms with van der Waals surface area (Å²) in [6.45, 7) is 3.71. The third-order valence-corrected chi connectivity index (χ3v) is 7.95. The molecule has 2 N–H and O–H groups in total. The number of aryl methyl sites for hydroxylation is 1. The van der Waals surface area contributed by atoms with Crippen LogP contribution in [-0.4, -0.2) is 67.2 Å². The largest absolute Gasteiger partial charge is 0.352 e. The minimum absolute atomic E-state index is 0.123. The summed E-state index contributed by atoms with van der Waals surface area (Å²) in [6.07, 6.45) is 11.3. The van der Waals surface area contributed by atoms with Gasteiger partial charge in [-0.15, -0.1) is 0 Å². The molecule has 1 aromatic carbocycles. The molecule has 40 heavy (non-hydrogen) atoms. The quantitative estimate of drug-likeness (QED) is 0.266. The first-order chi connectivity index (χ1) is 19.5. The van der Waals surface area contributed by atoms with Gasteiger partial charge in [-0.1, -0.05) is 12.5 Å². The van der Waals surface area contributed by atoms with Crippen LogP contribution in [0.1, 0.15) is 64.6 Å². The van der Waals surface area contributed by atoms with Gasteiger partial charge in [0, 0.05) is 24.6 Å². The fourth-order valence-corrected chi connectivity index (χ4v) is 6.02. The minimum Gasteiger partial charge on any atom is -0.352 e. The summed E-state index contributed by atoms with van der Waals surface area (Å²) < 4.78 is 3.51. The highest BCUT2D eigenvalue weighted by atomic mass is 16.1. The van der Waals surface area contributed by atoms with Crippen molar-refractivity contribution in [1.82, 2.24) is 39.4 Å². The van der Waals surface area contributed by atoms with Crippen molar-refractivity contribution in [2.45, 2.75) is 44.4 Å². The monoisotopic (exact) mass is 537 g/mol. The van der Waals surface area contributed by atoms with Crippen molar-refractivity contribution >= 4 is 28.6 Å². The van der Waals surface area contributed by atoms with Crippen LogP contribution in [0.25, 0.3) is 11.2 Å². The van der Waals surface area contributed by atoms with Gasteiger partial charge in [0.05, 0.1) is 5.56 Å². The number of anilines is 2. The molecule has 4 heterocycles. The number of carbonyl (C=O) groups excluding carboxylic acids is 1. The van der Waals surface area contributed by atoms with Crippen LogP contribution in [0, 0.1) is 6.92 Å². The second kappa shape index (κ2) is 11.1. The molecule has 0 radical (unpaired) electrons. The molecular formula is C30H35N9O. The zero-order chi connectivity index (χ0) is 27.6. The van der Waals surface area contributed by atoms with Crippen LogP contribution >= 0.6 is 0 Å². The Morgan fingerprint density at radius 2 is 1.80 bits per heavy atom. The molecule has 0 bridgehead atoms. The topological polar surface area (TPSA) is 105 Å². The Kier molecular flexibility index (Phi) is 7.17. The summed E-state index contributed by atoms with van der Waals surface area (Å²) >= 11 is 0. The molecule has 0 spiro atoms. The van der Waals surface area contributed by atoms with Gasteiger partial charge < -0.3 is 15.5 Å². The normalized spacial score (nSPS) is 17.2. The molecule has 10 heteroatoms. The summed E-state index contributed by atoms with van der Waals surface area (Å²) in [7, 11) is 4.05. The zero-order valence-electron chi connectivity index (χ0n) is 23.2. The van der Waals surface area contributed by atoms with Crippen molar-refractivity contribution in [3.05, 3.63) is 83.7 Å². The van der Waals surface area contributed by atoms with Crippen LogP contribution in [0.3, 0.4) is 0 Å². The van der Waals surface area contributed by atoms with Gasteiger partial charge in [0.15, 0.2) is 11.5 Å². The molecule has 10 nitrogen and oxygen atoms in total. The summed E-state index contributed by atoms with van der Waals surface area (Å²) in [4.78, 5) is 24.0. The maximum Gasteiger partial charge on any atom is 0.253 e. The molecule has 0 aliphatic heterocycles. The maximum absolute atomic E-state index is 13.0. The highest BCUT2D eigenvalue weighted by molar-refractivity contribution is 6.04. The number of rotatable bonds is 9. The fraction of sp³-hybridized carbons (Fsp3) is 0.367. The third-order valence-electron chi connectivity index (χ3n) is 7.95. The first-order valence-corrected chi connectivity index (χ1v) is 13.9. The molecule has 1 aliphatic rings. The highest BCUT2D eigenvalue weighted by Gasteiger charge is 2.31. The van der Waals surface area contributed by atoms with E-state index in [4.69, 9.17) is 0 Å². The molecule has 1 amide bonds. The molecular weight excluding hydrogens is 502 g/mol. The summed E-state index contributed by atoms with van der Waals surface area (Å²) in [5.41, 5.74) is 6.98. The molecule has 206 valence electrons. The first kappa shape index (κ1) is 25.9. The number of pyridine rings is 1. The van der Waals surface area contributed by atoms with Crippen molar-refractivity contribution in [2.24, 2.45) is 0 Å². The van der Waals surface area contributed by atoms with Gasteiger partial charge in [0.25, 0.3) is 5.91 Å². The number of fused-ring (bicyclic) bond motifs is 2. The average molecular weight is 538 g/mol. The van der Waals surface area contributed by atoms with Crippen molar-refractivity contribution in [3.63, 3.8) is 0 Å². The lowest BCUT2D eigenvalue weighted by Gasteiger charge is -2.23. The summed E-state index contributed by atoms with van der Waals surface area (Å²) in [5, 5.41) is 15.0. The number of hydrogen-bond donors (Lipinski definition) is 2. The molecule has 1 fully saturated rings. The van der Waals surface area contributed by atoms with E-state index in [0.29, 0.717) is 35.3 Å². The molecule has 4 aromatic heterocycles. The smallest absolute Gasteiger partial charge is 0.253 e. The van der Waals surface area contributed by atoms with Gasteiger partial charge in [-0.05, 0) is 106 Å². The van der Waals surface area contributed by atoms with E-state index in [9.17, 15) is 4.79 Å². The van der Waals surface area contributed by atoms with E-state index >= 15 is 0 Å². The number of nitrogens with zero attached hydrogens (tertiary/aromatic N) is 7. The maximum atomic E-state index is 13.0. The molecule has 6 rings (SSSR count). The van der Waals surface area contributed by atoms with Gasteiger partial charge in [0.2, 0.25) is 0 Å². The molecule has 2 unspecified atom stereocenters. The Morgan fingerprint density at radius 3 is 2.65 bits per heavy atom. The van der Waals surface area contributed by atoms with Gasteiger partial charge in [-0.3, -0.25) is 4.79 Å². The Balaban J connectivity index is 1.22. The lowest BCUT2D eigenvalue weighted by atomic mass is 9.82. The van der Waals surface area contributed by atoms with Crippen LogP contribution in [0.5, 0.6) is 0 Å². The standard InChI is InChI=1S/C30H35N9O/c1-20-16-22(8-9-23(20)25-7-4-6-24(25)21-10-14-38-27(17-21)32-18-34-38)36-29-28-26(11-15-39(28)35-19-33-29)30(40)31-12-5-13-37(2)3/h8-11,14-19,24-25H,4-7,12-13H2,1-3H3,(H,31,40)(H,33,35,36). The van der Waals surface area contributed by atoms with E-state index in [1.54, 1.807) is 23.1 Å². The first-order valence-electron chi connectivity index (χ1n) is 13.9. The highest BCUT2D eigenvalue weighted by Crippen LogP contribution is 2.47. The summed E-state index contributed by atoms with van der Waals surface area (Å²) in [6, 6.07) is 12.7. The van der Waals surface area contributed by atoms with E-state index in [0.717, 1.165) is 24.3 Å². The lowest BCUT2D eigenvalue weighted by Crippen LogP contribution is -2.27. The van der Waals surface area contributed by atoms with E-state index < -0.39 is 0 Å². The molecule has 2 atom stereocenters. The van der Waals surface area contributed by atoms with E-state index in [-0.39, 0.29) is 5.91 Å². The third kappa shape index (κ3) is 5.14. The van der Waals surface area contributed by atoms with E-state index in [1.807, 2.05) is 24.8 Å². The van der Waals surface area contributed by atoms with Crippen molar-refractivity contribution < 1.29 is 4.79 Å². The van der Waals surface area contributed by atoms with Crippen molar-refractivity contribution in [2.75, 3.05) is 32.5 Å². The number of aromatic nitrogens is 6. The Labute approximate surface area is 233 Å². The van der Waals surface area contributed by atoms with E-state index in [1.165, 1.54) is 42.3 Å². The van der Waals surface area contributed by atoms with Crippen molar-refractivity contribution in [3.8, 4) is 0 Å². The lowest BCUT2D eigenvalue weighted by molar-refractivity contribution is 0.0954. The van der Waals surface area contributed by atoms with Crippen LogP contribution in [0.2, 0.25) is 0 Å². The Hall–Kier alpha value is -4.31. The number of benzene rings is 1. The molecule has 1 aliphatic carbocycles. The SMILES string of the molecule is Cc1cc(Nc2ncnn3ccc(C(=O)NCCCN(C)C)c23)ccc1C1CCCC1c1ccn2ncnc2c1. The predicted octanol–water partition coefficient (Wildman–Crippen LogP) is 4.56. The van der Waals surface area contributed by atoms with Gasteiger partial charge >= 0.3 is 0 Å². The van der Waals surface area contributed by atoms with Crippen LogP contribution in [-0.2, 0) is 0 Å². The van der Waals surface area contributed by atoms with Gasteiger partial charge in [-0.25, -0.2) is 19.0 Å². The number of carbonyl (C=O) groups is 1. The predicted molar refractivity (Wildman–Crippen MR) is 155 cm³/mol. The number of hydrogen-bond acceptors (Lipinski definition) is 7. The average Bonchev–Trinajstić information content (AvgIpc) is 3.70. The second-order valence-electron chi connectivity index (χ2n) is 10.9. The van der Waals surface area contributed by atoms with Crippen LogP contribution < -0.4 is 10.6 Å². The molecule has 5 aromatic rings. The summed E-state index contributed by atoms with van der Waals surface area (Å²) in [5.74, 6) is 1.40. The van der Waals surface area contributed by atoms with Gasteiger partial charge in [-0.2, -0.15) is 10.2 Å². The zero-order valence-corrected chi connectivity index (χ0v) is 23.2. The van der Waals surface area contributed by atoms with E-state index in [2.05, 4.69) is 73.0 Å². The minimum atomic E-state index is -0.123.